The third kappa shape index (κ3) is 2.88. The molecule has 0 radical (unpaired) electrons. The summed E-state index contributed by atoms with van der Waals surface area (Å²) in [6.45, 7) is 6.78. The highest BCUT2D eigenvalue weighted by molar-refractivity contribution is 7.89. The minimum atomic E-state index is -3.42. The van der Waals surface area contributed by atoms with Crippen molar-refractivity contribution in [2.75, 3.05) is 33.2 Å². The summed E-state index contributed by atoms with van der Waals surface area (Å²) >= 11 is 0. The third-order valence-corrected chi connectivity index (χ3v) is 6.02. The molecule has 0 unspecified atom stereocenters. The van der Waals surface area contributed by atoms with Gasteiger partial charge in [0.2, 0.25) is 10.0 Å². The molecule has 112 valence electrons. The smallest absolute Gasteiger partial charge is 0.243 e. The fourth-order valence-corrected chi connectivity index (χ4v) is 4.22. The minimum absolute atomic E-state index is 0.354. The van der Waals surface area contributed by atoms with Crippen LogP contribution in [0.25, 0.3) is 0 Å². The molecule has 0 bridgehead atoms. The fourth-order valence-electron chi connectivity index (χ4n) is 2.45. The standard InChI is InChI=1S/C14H23N3O2S/c1-11-8-13(10-15)9-14(12(11)2)20(18,19)17-6-4-16(3)5-7-17/h8-9H,4-7,10,15H2,1-3H3. The number of piperazine rings is 1. The van der Waals surface area contributed by atoms with Crippen molar-refractivity contribution < 1.29 is 8.42 Å². The number of nitrogens with two attached hydrogens (primary N) is 1. The number of likely N-dealkylation sites (N-methyl/N-ethyl adjacent to an activating group) is 1. The van der Waals surface area contributed by atoms with E-state index in [0.717, 1.165) is 29.8 Å². The summed E-state index contributed by atoms with van der Waals surface area (Å²) in [5, 5.41) is 0. The molecular weight excluding hydrogens is 274 g/mol. The van der Waals surface area contributed by atoms with Crippen LogP contribution in [-0.2, 0) is 16.6 Å². The van der Waals surface area contributed by atoms with Gasteiger partial charge in [0.1, 0.15) is 0 Å². The zero-order valence-corrected chi connectivity index (χ0v) is 13.2. The Kier molecular flexibility index (Phi) is 4.49. The van der Waals surface area contributed by atoms with E-state index in [1.165, 1.54) is 0 Å². The predicted octanol–water partition coefficient (Wildman–Crippen LogP) is 0.698. The van der Waals surface area contributed by atoms with Crippen molar-refractivity contribution in [3.05, 3.63) is 28.8 Å². The summed E-state index contributed by atoms with van der Waals surface area (Å²) in [5.74, 6) is 0. The van der Waals surface area contributed by atoms with Crippen molar-refractivity contribution >= 4 is 10.0 Å². The number of sulfonamides is 1. The molecule has 0 aromatic heterocycles. The zero-order valence-electron chi connectivity index (χ0n) is 12.4. The maximum absolute atomic E-state index is 12.8. The van der Waals surface area contributed by atoms with Crippen LogP contribution in [0.4, 0.5) is 0 Å². The van der Waals surface area contributed by atoms with E-state index in [-0.39, 0.29) is 0 Å². The van der Waals surface area contributed by atoms with Crippen molar-refractivity contribution in [2.24, 2.45) is 5.73 Å². The summed E-state index contributed by atoms with van der Waals surface area (Å²) < 4.78 is 27.2. The topological polar surface area (TPSA) is 66.6 Å². The van der Waals surface area contributed by atoms with Crippen LogP contribution in [0.15, 0.2) is 17.0 Å². The maximum atomic E-state index is 12.8. The van der Waals surface area contributed by atoms with Gasteiger partial charge < -0.3 is 10.6 Å². The Labute approximate surface area is 121 Å². The Balaban J connectivity index is 2.41. The number of hydrogen-bond donors (Lipinski definition) is 1. The summed E-state index contributed by atoms with van der Waals surface area (Å²) in [6, 6.07) is 3.67. The second-order valence-electron chi connectivity index (χ2n) is 5.45. The normalized spacial score (nSPS) is 18.4. The fraction of sp³-hybridized carbons (Fsp3) is 0.571. The average Bonchev–Trinajstić information content (AvgIpc) is 2.42. The molecule has 1 aliphatic heterocycles. The van der Waals surface area contributed by atoms with Gasteiger partial charge in [0, 0.05) is 32.7 Å². The lowest BCUT2D eigenvalue weighted by molar-refractivity contribution is 0.222. The molecule has 1 aromatic carbocycles. The van der Waals surface area contributed by atoms with E-state index in [2.05, 4.69) is 4.90 Å². The van der Waals surface area contributed by atoms with Gasteiger partial charge in [-0.05, 0) is 43.7 Å². The summed E-state index contributed by atoms with van der Waals surface area (Å²) in [5.41, 5.74) is 8.32. The number of benzene rings is 1. The molecule has 0 atom stereocenters. The molecule has 0 spiro atoms. The Bertz CT molecular complexity index is 591. The van der Waals surface area contributed by atoms with Crippen LogP contribution < -0.4 is 5.73 Å². The molecule has 2 rings (SSSR count). The first kappa shape index (κ1) is 15.4. The van der Waals surface area contributed by atoms with Crippen LogP contribution in [0.5, 0.6) is 0 Å². The lowest BCUT2D eigenvalue weighted by atomic mass is 10.1. The molecular formula is C14H23N3O2S. The quantitative estimate of drug-likeness (QED) is 0.892. The first-order valence-corrected chi connectivity index (χ1v) is 8.29. The van der Waals surface area contributed by atoms with Crippen LogP contribution in [0.1, 0.15) is 16.7 Å². The molecule has 0 saturated carbocycles. The number of nitrogens with zero attached hydrogens (tertiary/aromatic N) is 2. The summed E-state index contributed by atoms with van der Waals surface area (Å²) in [7, 11) is -1.41. The third-order valence-electron chi connectivity index (χ3n) is 4.00. The molecule has 1 saturated heterocycles. The molecule has 5 nitrogen and oxygen atoms in total. The second kappa shape index (κ2) is 5.81. The van der Waals surface area contributed by atoms with Gasteiger partial charge in [-0.3, -0.25) is 0 Å². The first-order chi connectivity index (χ1) is 9.36. The molecule has 1 aliphatic rings. The molecule has 1 heterocycles. The molecule has 2 N–H and O–H groups in total. The highest BCUT2D eigenvalue weighted by Crippen LogP contribution is 2.25. The van der Waals surface area contributed by atoms with Crippen LogP contribution in [-0.4, -0.2) is 50.8 Å². The monoisotopic (exact) mass is 297 g/mol. The van der Waals surface area contributed by atoms with E-state index in [4.69, 9.17) is 5.73 Å². The van der Waals surface area contributed by atoms with E-state index >= 15 is 0 Å². The molecule has 6 heteroatoms. The van der Waals surface area contributed by atoms with E-state index in [9.17, 15) is 8.42 Å². The van der Waals surface area contributed by atoms with Crippen LogP contribution in [0.2, 0.25) is 0 Å². The van der Waals surface area contributed by atoms with Crippen molar-refractivity contribution in [1.29, 1.82) is 0 Å². The van der Waals surface area contributed by atoms with Gasteiger partial charge in [0.05, 0.1) is 4.90 Å². The van der Waals surface area contributed by atoms with Gasteiger partial charge in [-0.1, -0.05) is 6.07 Å². The average molecular weight is 297 g/mol. The largest absolute Gasteiger partial charge is 0.326 e. The Morgan fingerprint density at radius 3 is 2.30 bits per heavy atom. The van der Waals surface area contributed by atoms with Gasteiger partial charge in [-0.15, -0.1) is 0 Å². The molecule has 0 amide bonds. The van der Waals surface area contributed by atoms with Crippen molar-refractivity contribution in [2.45, 2.75) is 25.3 Å². The number of hydrogen-bond acceptors (Lipinski definition) is 4. The van der Waals surface area contributed by atoms with Gasteiger partial charge in [0.15, 0.2) is 0 Å². The Morgan fingerprint density at radius 1 is 1.15 bits per heavy atom. The van der Waals surface area contributed by atoms with E-state index in [1.807, 2.05) is 27.0 Å². The van der Waals surface area contributed by atoms with E-state index in [0.29, 0.717) is 24.5 Å². The maximum Gasteiger partial charge on any atom is 0.243 e. The molecule has 1 fully saturated rings. The molecule has 1 aromatic rings. The van der Waals surface area contributed by atoms with Crippen LogP contribution in [0.3, 0.4) is 0 Å². The van der Waals surface area contributed by atoms with E-state index in [1.54, 1.807) is 10.4 Å². The van der Waals surface area contributed by atoms with Gasteiger partial charge >= 0.3 is 0 Å². The van der Waals surface area contributed by atoms with E-state index < -0.39 is 10.0 Å². The summed E-state index contributed by atoms with van der Waals surface area (Å²) in [4.78, 5) is 2.54. The van der Waals surface area contributed by atoms with Crippen molar-refractivity contribution in [1.82, 2.24) is 9.21 Å². The predicted molar refractivity (Wildman–Crippen MR) is 80.1 cm³/mol. The van der Waals surface area contributed by atoms with Crippen LogP contribution >= 0.6 is 0 Å². The lowest BCUT2D eigenvalue weighted by Crippen LogP contribution is -2.47. The minimum Gasteiger partial charge on any atom is -0.326 e. The van der Waals surface area contributed by atoms with Gasteiger partial charge in [-0.25, -0.2) is 8.42 Å². The number of rotatable bonds is 3. The first-order valence-electron chi connectivity index (χ1n) is 6.85. The van der Waals surface area contributed by atoms with Crippen LogP contribution in [0, 0.1) is 13.8 Å². The Hall–Kier alpha value is -0.950. The summed E-state index contributed by atoms with van der Waals surface area (Å²) in [6.07, 6.45) is 0. The van der Waals surface area contributed by atoms with Gasteiger partial charge in [0.25, 0.3) is 0 Å². The van der Waals surface area contributed by atoms with Crippen molar-refractivity contribution in [3.8, 4) is 0 Å². The van der Waals surface area contributed by atoms with Gasteiger partial charge in [-0.2, -0.15) is 4.31 Å². The zero-order chi connectivity index (χ0) is 14.9. The highest BCUT2D eigenvalue weighted by Gasteiger charge is 2.29. The molecule has 0 aliphatic carbocycles. The number of aryl methyl sites for hydroxylation is 1. The molecule has 20 heavy (non-hydrogen) atoms. The van der Waals surface area contributed by atoms with Crippen molar-refractivity contribution in [3.63, 3.8) is 0 Å². The Morgan fingerprint density at radius 2 is 1.75 bits per heavy atom. The lowest BCUT2D eigenvalue weighted by Gasteiger charge is -2.32. The SMILES string of the molecule is Cc1cc(CN)cc(S(=O)(=O)N2CCN(C)CC2)c1C. The second-order valence-corrected chi connectivity index (χ2v) is 7.35. The highest BCUT2D eigenvalue weighted by atomic mass is 32.2.